The standard InChI is InChI=1S/C16H10I2N4O3/c17-11-5-1-9(2-6-11)15(23)19-13-14(22-25-21-13)20-16(24)10-3-7-12(18)8-4-10/h1-8H,(H,19,21,23)(H,20,22,24). The Kier molecular flexibility index (Phi) is 5.63. The minimum Gasteiger partial charge on any atom is -0.300 e. The third-order valence-electron chi connectivity index (χ3n) is 3.17. The SMILES string of the molecule is O=C(Nc1nonc1NC(=O)c1ccc(I)cc1)c1ccc(I)cc1. The van der Waals surface area contributed by atoms with Gasteiger partial charge in [-0.2, -0.15) is 0 Å². The fourth-order valence-corrected chi connectivity index (χ4v) is 2.63. The predicted molar refractivity (Wildman–Crippen MR) is 109 cm³/mol. The van der Waals surface area contributed by atoms with Crippen LogP contribution in [0.4, 0.5) is 11.6 Å². The number of nitrogens with zero attached hydrogens (tertiary/aromatic N) is 2. The first-order chi connectivity index (χ1) is 12.0. The van der Waals surface area contributed by atoms with Gasteiger partial charge in [0, 0.05) is 18.3 Å². The van der Waals surface area contributed by atoms with Crippen molar-refractivity contribution in [3.05, 3.63) is 66.8 Å². The molecule has 9 heteroatoms. The van der Waals surface area contributed by atoms with E-state index in [1.807, 2.05) is 24.3 Å². The fraction of sp³-hybridized carbons (Fsp3) is 0. The van der Waals surface area contributed by atoms with Gasteiger partial charge >= 0.3 is 0 Å². The molecule has 3 aromatic rings. The normalized spacial score (nSPS) is 10.3. The summed E-state index contributed by atoms with van der Waals surface area (Å²) >= 11 is 4.30. The third kappa shape index (κ3) is 4.54. The van der Waals surface area contributed by atoms with Gasteiger partial charge in [-0.05, 0) is 104 Å². The number of hydrogen-bond donors (Lipinski definition) is 2. The number of amides is 2. The number of rotatable bonds is 4. The summed E-state index contributed by atoms with van der Waals surface area (Å²) in [5, 5.41) is 12.4. The number of hydrogen-bond acceptors (Lipinski definition) is 5. The Bertz CT molecular complexity index is 834. The highest BCUT2D eigenvalue weighted by Crippen LogP contribution is 2.18. The molecule has 0 aliphatic rings. The van der Waals surface area contributed by atoms with Gasteiger partial charge in [0.05, 0.1) is 0 Å². The predicted octanol–water partition coefficient (Wildman–Crippen LogP) is 3.78. The lowest BCUT2D eigenvalue weighted by Crippen LogP contribution is -2.16. The number of benzene rings is 2. The Balaban J connectivity index is 1.72. The first kappa shape index (κ1) is 17.8. The highest BCUT2D eigenvalue weighted by molar-refractivity contribution is 14.1. The third-order valence-corrected chi connectivity index (χ3v) is 4.60. The van der Waals surface area contributed by atoms with Gasteiger partial charge < -0.3 is 10.6 Å². The van der Waals surface area contributed by atoms with Gasteiger partial charge in [0.1, 0.15) is 0 Å². The molecule has 0 radical (unpaired) electrons. The van der Waals surface area contributed by atoms with E-state index in [-0.39, 0.29) is 23.5 Å². The summed E-state index contributed by atoms with van der Waals surface area (Å²) in [5.74, 6) is -0.668. The van der Waals surface area contributed by atoms with Crippen molar-refractivity contribution in [3.63, 3.8) is 0 Å². The maximum atomic E-state index is 12.2. The number of anilines is 2. The molecule has 2 amide bonds. The summed E-state index contributed by atoms with van der Waals surface area (Å²) in [4.78, 5) is 24.5. The molecule has 1 heterocycles. The van der Waals surface area contributed by atoms with E-state index in [0.717, 1.165) is 7.14 Å². The quantitative estimate of drug-likeness (QED) is 0.474. The van der Waals surface area contributed by atoms with Crippen molar-refractivity contribution in [2.45, 2.75) is 0 Å². The van der Waals surface area contributed by atoms with Gasteiger partial charge in [-0.1, -0.05) is 0 Å². The maximum absolute atomic E-state index is 12.2. The molecule has 0 aliphatic heterocycles. The van der Waals surface area contributed by atoms with Crippen LogP contribution >= 0.6 is 45.2 Å². The van der Waals surface area contributed by atoms with Gasteiger partial charge in [-0.15, -0.1) is 0 Å². The van der Waals surface area contributed by atoms with Crippen molar-refractivity contribution in [3.8, 4) is 0 Å². The zero-order valence-corrected chi connectivity index (χ0v) is 16.8. The molecule has 3 rings (SSSR count). The molecule has 0 aliphatic carbocycles. The van der Waals surface area contributed by atoms with E-state index in [1.165, 1.54) is 0 Å². The molecule has 0 atom stereocenters. The van der Waals surface area contributed by atoms with Gasteiger partial charge in [0.25, 0.3) is 11.8 Å². The number of halogens is 2. The van der Waals surface area contributed by atoms with Gasteiger partial charge in [0.15, 0.2) is 0 Å². The molecular formula is C16H10I2N4O3. The molecule has 0 spiro atoms. The Labute approximate surface area is 169 Å². The summed E-state index contributed by atoms with van der Waals surface area (Å²) in [7, 11) is 0. The lowest BCUT2D eigenvalue weighted by Gasteiger charge is -2.05. The molecule has 2 aromatic carbocycles. The molecule has 0 saturated heterocycles. The molecule has 1 aromatic heterocycles. The number of carbonyl (C=O) groups is 2. The average molecular weight is 560 g/mol. The van der Waals surface area contributed by atoms with E-state index < -0.39 is 0 Å². The minimum atomic E-state index is -0.378. The Morgan fingerprint density at radius 1 is 0.720 bits per heavy atom. The lowest BCUT2D eigenvalue weighted by molar-refractivity contribution is 0.101. The lowest BCUT2D eigenvalue weighted by atomic mass is 10.2. The topological polar surface area (TPSA) is 97.1 Å². The summed E-state index contributed by atoms with van der Waals surface area (Å²) in [6, 6.07) is 14.0. The zero-order chi connectivity index (χ0) is 17.8. The zero-order valence-electron chi connectivity index (χ0n) is 12.5. The van der Waals surface area contributed by atoms with Crippen LogP contribution in [0, 0.1) is 7.14 Å². The van der Waals surface area contributed by atoms with E-state index in [0.29, 0.717) is 11.1 Å². The van der Waals surface area contributed by atoms with Crippen LogP contribution in [0.5, 0.6) is 0 Å². The van der Waals surface area contributed by atoms with Crippen LogP contribution in [0.1, 0.15) is 20.7 Å². The van der Waals surface area contributed by atoms with Crippen LogP contribution in [-0.4, -0.2) is 22.1 Å². The monoisotopic (exact) mass is 560 g/mol. The Morgan fingerprint density at radius 3 is 1.44 bits per heavy atom. The fourth-order valence-electron chi connectivity index (χ4n) is 1.91. The molecule has 0 fully saturated rings. The molecule has 126 valence electrons. The first-order valence-corrected chi connectivity index (χ1v) is 9.15. The van der Waals surface area contributed by atoms with E-state index >= 15 is 0 Å². The van der Waals surface area contributed by atoms with Crippen molar-refractivity contribution >= 4 is 68.6 Å². The number of aromatic nitrogens is 2. The molecule has 0 saturated carbocycles. The molecule has 0 bridgehead atoms. The minimum absolute atomic E-state index is 0.0439. The van der Waals surface area contributed by atoms with Crippen LogP contribution in [0.25, 0.3) is 0 Å². The van der Waals surface area contributed by atoms with E-state index in [9.17, 15) is 9.59 Å². The molecule has 2 N–H and O–H groups in total. The largest absolute Gasteiger partial charge is 0.300 e. The van der Waals surface area contributed by atoms with E-state index in [2.05, 4.69) is 70.8 Å². The maximum Gasteiger partial charge on any atom is 0.257 e. The molecular weight excluding hydrogens is 550 g/mol. The van der Waals surface area contributed by atoms with Crippen LogP contribution < -0.4 is 10.6 Å². The molecule has 0 unspecified atom stereocenters. The number of carbonyl (C=O) groups excluding carboxylic acids is 2. The van der Waals surface area contributed by atoms with Crippen molar-refractivity contribution in [2.75, 3.05) is 10.6 Å². The van der Waals surface area contributed by atoms with Gasteiger partial charge in [-0.25, -0.2) is 4.63 Å². The second-order valence-electron chi connectivity index (χ2n) is 4.88. The molecule has 25 heavy (non-hydrogen) atoms. The smallest absolute Gasteiger partial charge is 0.257 e. The summed E-state index contributed by atoms with van der Waals surface area (Å²) in [6.45, 7) is 0. The summed E-state index contributed by atoms with van der Waals surface area (Å²) < 4.78 is 6.66. The Morgan fingerprint density at radius 2 is 1.08 bits per heavy atom. The van der Waals surface area contributed by atoms with Crippen molar-refractivity contribution < 1.29 is 14.2 Å². The number of nitrogens with one attached hydrogen (secondary N) is 2. The highest BCUT2D eigenvalue weighted by Gasteiger charge is 2.17. The van der Waals surface area contributed by atoms with Crippen molar-refractivity contribution in [2.24, 2.45) is 0 Å². The summed E-state index contributed by atoms with van der Waals surface area (Å²) in [6.07, 6.45) is 0. The molecule has 7 nitrogen and oxygen atoms in total. The van der Waals surface area contributed by atoms with Crippen LogP contribution in [0.2, 0.25) is 0 Å². The van der Waals surface area contributed by atoms with E-state index in [1.54, 1.807) is 24.3 Å². The average Bonchev–Trinajstić information content (AvgIpc) is 3.02. The van der Waals surface area contributed by atoms with Crippen LogP contribution in [0.3, 0.4) is 0 Å². The second kappa shape index (κ2) is 7.91. The van der Waals surface area contributed by atoms with Crippen molar-refractivity contribution in [1.82, 2.24) is 10.3 Å². The van der Waals surface area contributed by atoms with Crippen LogP contribution in [0.15, 0.2) is 53.2 Å². The van der Waals surface area contributed by atoms with E-state index in [4.69, 9.17) is 0 Å². The van der Waals surface area contributed by atoms with Crippen LogP contribution in [-0.2, 0) is 0 Å². The Hall–Kier alpha value is -2.02. The van der Waals surface area contributed by atoms with Gasteiger partial charge in [0.2, 0.25) is 11.6 Å². The first-order valence-electron chi connectivity index (χ1n) is 6.99. The van der Waals surface area contributed by atoms with Crippen molar-refractivity contribution in [1.29, 1.82) is 0 Å². The summed E-state index contributed by atoms with van der Waals surface area (Å²) in [5.41, 5.74) is 0.914. The van der Waals surface area contributed by atoms with Gasteiger partial charge in [-0.3, -0.25) is 9.59 Å². The highest BCUT2D eigenvalue weighted by atomic mass is 127. The second-order valence-corrected chi connectivity index (χ2v) is 7.37.